The predicted molar refractivity (Wildman–Crippen MR) is 138 cm³/mol. The Hall–Kier alpha value is -4.28. The molecule has 1 atom stereocenters. The zero-order valence-electron chi connectivity index (χ0n) is 19.5. The number of furan rings is 1. The Labute approximate surface area is 218 Å². The Bertz CT molecular complexity index is 1760. The minimum absolute atomic E-state index is 0.0865. The van der Waals surface area contributed by atoms with Crippen LogP contribution in [0.3, 0.4) is 0 Å². The van der Waals surface area contributed by atoms with Crippen molar-refractivity contribution in [3.63, 3.8) is 0 Å². The summed E-state index contributed by atoms with van der Waals surface area (Å²) in [6.45, 7) is 1.69. The van der Waals surface area contributed by atoms with Gasteiger partial charge in [0.2, 0.25) is 0 Å². The summed E-state index contributed by atoms with van der Waals surface area (Å²) in [5, 5.41) is 11.9. The van der Waals surface area contributed by atoms with E-state index in [0.717, 1.165) is 11.3 Å². The summed E-state index contributed by atoms with van der Waals surface area (Å²) in [5.41, 5.74) is 1.23. The highest BCUT2D eigenvalue weighted by molar-refractivity contribution is 7.07. The predicted octanol–water partition coefficient (Wildman–Crippen LogP) is 4.23. The summed E-state index contributed by atoms with van der Waals surface area (Å²) >= 11 is 7.21. The molecule has 0 saturated carbocycles. The number of nitro benzene ring substituents is 1. The first kappa shape index (κ1) is 24.4. The van der Waals surface area contributed by atoms with Gasteiger partial charge in [0.15, 0.2) is 4.80 Å². The summed E-state index contributed by atoms with van der Waals surface area (Å²) in [6, 6.07) is 15.6. The van der Waals surface area contributed by atoms with Gasteiger partial charge in [-0.3, -0.25) is 19.5 Å². The largest absolute Gasteiger partial charge is 0.466 e. The zero-order valence-corrected chi connectivity index (χ0v) is 21.1. The van der Waals surface area contributed by atoms with Gasteiger partial charge >= 0.3 is 5.97 Å². The van der Waals surface area contributed by atoms with Crippen LogP contribution in [0.15, 0.2) is 86.1 Å². The molecule has 0 amide bonds. The number of hydrogen-bond donors (Lipinski definition) is 0. The van der Waals surface area contributed by atoms with Crippen LogP contribution >= 0.6 is 22.9 Å². The van der Waals surface area contributed by atoms with Crippen molar-refractivity contribution in [1.82, 2.24) is 4.57 Å². The highest BCUT2D eigenvalue weighted by atomic mass is 35.5. The Balaban J connectivity index is 1.64. The second-order valence-corrected chi connectivity index (χ2v) is 9.55. The second-order valence-electron chi connectivity index (χ2n) is 8.10. The SMILES string of the molecule is COC(=O)C1=C(C)N=c2sc(=Cc3ccc(-c4ccccc4[N+](=O)[O-])o3)c(=O)n2C1c1ccc(Cl)cc1. The van der Waals surface area contributed by atoms with Crippen LogP contribution in [0.2, 0.25) is 5.02 Å². The van der Waals surface area contributed by atoms with E-state index in [2.05, 4.69) is 4.99 Å². The molecule has 0 fully saturated rings. The lowest BCUT2D eigenvalue weighted by Crippen LogP contribution is -2.39. The smallest absolute Gasteiger partial charge is 0.338 e. The van der Waals surface area contributed by atoms with Gasteiger partial charge in [0.05, 0.1) is 39.4 Å². The van der Waals surface area contributed by atoms with E-state index in [4.69, 9.17) is 20.8 Å². The molecule has 2 aromatic heterocycles. The van der Waals surface area contributed by atoms with E-state index in [-0.39, 0.29) is 16.8 Å². The summed E-state index contributed by atoms with van der Waals surface area (Å²) in [4.78, 5) is 42.1. The van der Waals surface area contributed by atoms with Gasteiger partial charge in [0.1, 0.15) is 11.5 Å². The Morgan fingerprint density at radius 3 is 2.62 bits per heavy atom. The van der Waals surface area contributed by atoms with E-state index in [1.807, 2.05) is 0 Å². The number of esters is 1. The van der Waals surface area contributed by atoms with Crippen LogP contribution in [0.4, 0.5) is 5.69 Å². The lowest BCUT2D eigenvalue weighted by Gasteiger charge is -2.24. The van der Waals surface area contributed by atoms with Crippen molar-refractivity contribution >= 4 is 40.7 Å². The fourth-order valence-corrected chi connectivity index (χ4v) is 5.35. The molecule has 3 heterocycles. The van der Waals surface area contributed by atoms with Crippen LogP contribution in [-0.4, -0.2) is 22.6 Å². The van der Waals surface area contributed by atoms with E-state index in [9.17, 15) is 19.7 Å². The van der Waals surface area contributed by atoms with Crippen molar-refractivity contribution in [3.05, 3.63) is 118 Å². The first-order valence-corrected chi connectivity index (χ1v) is 12.2. The maximum atomic E-state index is 13.6. The third kappa shape index (κ3) is 4.41. The number of nitrogens with zero attached hydrogens (tertiary/aromatic N) is 3. The minimum atomic E-state index is -0.762. The van der Waals surface area contributed by atoms with Crippen LogP contribution in [-0.2, 0) is 9.53 Å². The van der Waals surface area contributed by atoms with Crippen LogP contribution in [0.1, 0.15) is 24.3 Å². The quantitative estimate of drug-likeness (QED) is 0.214. The molecule has 37 heavy (non-hydrogen) atoms. The van der Waals surface area contributed by atoms with Crippen LogP contribution in [0, 0.1) is 10.1 Å². The molecule has 0 aliphatic carbocycles. The van der Waals surface area contributed by atoms with Gasteiger partial charge in [-0.05, 0) is 42.8 Å². The molecule has 4 aromatic rings. The molecule has 2 aromatic carbocycles. The van der Waals surface area contributed by atoms with Crippen molar-refractivity contribution in [2.45, 2.75) is 13.0 Å². The number of halogens is 1. The average molecular weight is 536 g/mol. The van der Waals surface area contributed by atoms with Crippen LogP contribution < -0.4 is 14.9 Å². The number of para-hydroxylation sites is 1. The molecule has 9 nitrogen and oxygen atoms in total. The van der Waals surface area contributed by atoms with Gasteiger partial charge in [-0.2, -0.15) is 0 Å². The number of nitro groups is 1. The molecule has 0 spiro atoms. The highest BCUT2D eigenvalue weighted by Gasteiger charge is 2.33. The molecule has 1 aliphatic heterocycles. The number of carbonyl (C=O) groups excluding carboxylic acids is 1. The number of rotatable bonds is 5. The van der Waals surface area contributed by atoms with Crippen LogP contribution in [0.5, 0.6) is 0 Å². The molecule has 1 unspecified atom stereocenters. The van der Waals surface area contributed by atoms with Gasteiger partial charge in [-0.15, -0.1) is 0 Å². The first-order valence-electron chi connectivity index (χ1n) is 11.0. The van der Waals surface area contributed by atoms with Gasteiger partial charge in [-0.1, -0.05) is 47.2 Å². The Kier molecular flexibility index (Phi) is 6.36. The van der Waals surface area contributed by atoms with E-state index >= 15 is 0 Å². The maximum Gasteiger partial charge on any atom is 0.338 e. The lowest BCUT2D eigenvalue weighted by atomic mass is 9.96. The summed E-state index contributed by atoms with van der Waals surface area (Å²) < 4.78 is 12.6. The minimum Gasteiger partial charge on any atom is -0.466 e. The number of ether oxygens (including phenoxy) is 1. The van der Waals surface area contributed by atoms with Gasteiger partial charge in [0, 0.05) is 17.2 Å². The average Bonchev–Trinajstić information content (AvgIpc) is 3.47. The van der Waals surface area contributed by atoms with E-state index in [1.54, 1.807) is 67.6 Å². The normalized spacial score (nSPS) is 15.3. The van der Waals surface area contributed by atoms with Gasteiger partial charge in [-0.25, -0.2) is 9.79 Å². The maximum absolute atomic E-state index is 13.6. The number of hydrogen-bond acceptors (Lipinski definition) is 8. The van der Waals surface area contributed by atoms with Gasteiger partial charge < -0.3 is 9.15 Å². The monoisotopic (exact) mass is 535 g/mol. The number of fused-ring (bicyclic) bond motifs is 1. The van der Waals surface area contributed by atoms with Crippen molar-refractivity contribution in [3.8, 4) is 11.3 Å². The van der Waals surface area contributed by atoms with Gasteiger partial charge in [0.25, 0.3) is 11.2 Å². The number of carbonyl (C=O) groups is 1. The molecular weight excluding hydrogens is 518 g/mol. The number of allylic oxidation sites excluding steroid dienone is 1. The lowest BCUT2D eigenvalue weighted by molar-refractivity contribution is -0.384. The second kappa shape index (κ2) is 9.64. The molecule has 0 radical (unpaired) electrons. The van der Waals surface area contributed by atoms with E-state index < -0.39 is 16.9 Å². The number of aromatic nitrogens is 1. The summed E-state index contributed by atoms with van der Waals surface area (Å²) in [6.07, 6.45) is 1.55. The first-order chi connectivity index (χ1) is 17.8. The fraction of sp³-hybridized carbons (Fsp3) is 0.115. The third-order valence-corrected chi connectivity index (χ3v) is 7.11. The standard InChI is InChI=1S/C26H18ClN3O6S/c1-14-22(25(32)35-2)23(15-7-9-16(27)10-8-15)29-24(31)21(37-26(29)28-14)13-17-11-12-20(36-17)18-5-3-4-6-19(18)30(33)34/h3-13,23H,1-2H3. The molecule has 1 aliphatic rings. The number of benzene rings is 2. The molecular formula is C26H18ClN3O6S. The molecule has 0 bridgehead atoms. The molecule has 11 heteroatoms. The zero-order chi connectivity index (χ0) is 26.3. The van der Waals surface area contributed by atoms with E-state index in [0.29, 0.717) is 42.7 Å². The number of thiazole rings is 1. The highest BCUT2D eigenvalue weighted by Crippen LogP contribution is 2.32. The van der Waals surface area contributed by atoms with Crippen molar-refractivity contribution in [1.29, 1.82) is 0 Å². The van der Waals surface area contributed by atoms with Crippen molar-refractivity contribution in [2.75, 3.05) is 7.11 Å². The van der Waals surface area contributed by atoms with E-state index in [1.165, 1.54) is 17.7 Å². The van der Waals surface area contributed by atoms with Crippen molar-refractivity contribution < 1.29 is 18.9 Å². The Morgan fingerprint density at radius 1 is 1.19 bits per heavy atom. The molecule has 0 saturated heterocycles. The molecule has 0 N–H and O–H groups in total. The topological polar surface area (TPSA) is 117 Å². The molecule has 5 rings (SSSR count). The summed E-state index contributed by atoms with van der Waals surface area (Å²) in [5.74, 6) is 0.0511. The fourth-order valence-electron chi connectivity index (χ4n) is 4.20. The molecule has 186 valence electrons. The third-order valence-electron chi connectivity index (χ3n) is 5.88. The van der Waals surface area contributed by atoms with Crippen molar-refractivity contribution in [2.24, 2.45) is 4.99 Å². The van der Waals surface area contributed by atoms with Crippen LogP contribution in [0.25, 0.3) is 17.4 Å². The summed E-state index contributed by atoms with van der Waals surface area (Å²) in [7, 11) is 1.28. The number of methoxy groups -OCH3 is 1. The Morgan fingerprint density at radius 2 is 1.92 bits per heavy atom.